The number of fused-ring (bicyclic) bond motifs is 1. The molecule has 0 saturated carbocycles. The number of nitrogens with zero attached hydrogens (tertiary/aromatic N) is 3. The van der Waals surface area contributed by atoms with E-state index in [4.69, 9.17) is 19.6 Å². The predicted molar refractivity (Wildman–Crippen MR) is 153 cm³/mol. The molecule has 0 saturated heterocycles. The zero-order valence-electron chi connectivity index (χ0n) is 23.1. The fourth-order valence-electron chi connectivity index (χ4n) is 4.42. The molecule has 0 radical (unpaired) electrons. The number of anilines is 2. The molecule has 1 aliphatic rings. The molecule has 1 atom stereocenters. The van der Waals surface area contributed by atoms with Gasteiger partial charge in [-0.2, -0.15) is 4.98 Å². The summed E-state index contributed by atoms with van der Waals surface area (Å²) in [4.78, 5) is 18.6. The minimum Gasteiger partial charge on any atom is -0.490 e. The van der Waals surface area contributed by atoms with Crippen LogP contribution in [0.4, 0.5) is 11.6 Å². The molecule has 1 unspecified atom stereocenters. The molecule has 2 N–H and O–H groups in total. The highest BCUT2D eigenvalue weighted by Gasteiger charge is 2.35. The minimum atomic E-state index is -0.501. The third kappa shape index (κ3) is 5.83. The highest BCUT2D eigenvalue weighted by molar-refractivity contribution is 7.99. The van der Waals surface area contributed by atoms with Gasteiger partial charge in [-0.25, -0.2) is 4.68 Å². The van der Waals surface area contributed by atoms with Crippen LogP contribution in [0.5, 0.6) is 11.5 Å². The molecule has 0 spiro atoms. The number of carbonyl (C=O) groups excluding carboxylic acids is 1. The summed E-state index contributed by atoms with van der Waals surface area (Å²) in [5.41, 5.74) is 5.10. The molecular weight excluding hydrogens is 498 g/mol. The van der Waals surface area contributed by atoms with Gasteiger partial charge >= 0.3 is 0 Å². The fraction of sp³-hybridized carbons (Fsp3) is 0.414. The Morgan fingerprint density at radius 1 is 1.08 bits per heavy atom. The number of aromatic nitrogens is 3. The Labute approximate surface area is 229 Å². The second-order valence-corrected chi connectivity index (χ2v) is 10.3. The van der Waals surface area contributed by atoms with Crippen molar-refractivity contribution >= 4 is 29.3 Å². The number of benzene rings is 2. The van der Waals surface area contributed by atoms with Crippen molar-refractivity contribution in [1.82, 2.24) is 14.8 Å². The summed E-state index contributed by atoms with van der Waals surface area (Å²) in [6, 6.07) is 11.2. The van der Waals surface area contributed by atoms with E-state index in [0.29, 0.717) is 41.4 Å². The summed E-state index contributed by atoms with van der Waals surface area (Å²) in [7, 11) is 0. The maximum absolute atomic E-state index is 13.9. The number of aryl methyl sites for hydroxylation is 1. The molecule has 0 fully saturated rings. The van der Waals surface area contributed by atoms with Crippen LogP contribution < -0.4 is 20.1 Å². The molecule has 38 heavy (non-hydrogen) atoms. The largest absolute Gasteiger partial charge is 0.490 e. The van der Waals surface area contributed by atoms with Crippen molar-refractivity contribution in [2.24, 2.45) is 0 Å². The van der Waals surface area contributed by atoms with Crippen LogP contribution in [0.25, 0.3) is 0 Å². The van der Waals surface area contributed by atoms with E-state index in [9.17, 15) is 4.79 Å². The zero-order chi connectivity index (χ0) is 27.2. The molecular formula is C29H37N5O3S. The molecule has 9 heteroatoms. The smallest absolute Gasteiger partial charge is 0.255 e. The van der Waals surface area contributed by atoms with Crippen LogP contribution in [0.3, 0.4) is 0 Å². The molecule has 0 bridgehead atoms. The third-order valence-electron chi connectivity index (χ3n) is 6.54. The molecule has 2 aromatic carbocycles. The SMILES string of the molecule is CCCCSc1nc2n(n1)C(c1ccc(OCC)c(OCC)c1)C(C(=O)Nc1cccc(C)c1C)=C(C)N2. The second-order valence-electron chi connectivity index (χ2n) is 9.20. The number of hydrogen-bond donors (Lipinski definition) is 2. The van der Waals surface area contributed by atoms with Crippen LogP contribution in [0, 0.1) is 13.8 Å². The van der Waals surface area contributed by atoms with Gasteiger partial charge in [-0.3, -0.25) is 4.79 Å². The van der Waals surface area contributed by atoms with E-state index in [1.54, 1.807) is 11.8 Å². The van der Waals surface area contributed by atoms with Crippen LogP contribution >= 0.6 is 11.8 Å². The molecule has 202 valence electrons. The lowest BCUT2D eigenvalue weighted by Crippen LogP contribution is -2.31. The lowest BCUT2D eigenvalue weighted by Gasteiger charge is -2.29. The van der Waals surface area contributed by atoms with E-state index < -0.39 is 6.04 Å². The number of nitrogens with one attached hydrogen (secondary N) is 2. The van der Waals surface area contributed by atoms with E-state index in [0.717, 1.165) is 46.7 Å². The number of thioether (sulfide) groups is 1. The Hall–Kier alpha value is -3.46. The van der Waals surface area contributed by atoms with E-state index >= 15 is 0 Å². The maximum Gasteiger partial charge on any atom is 0.255 e. The summed E-state index contributed by atoms with van der Waals surface area (Å²) >= 11 is 1.63. The Bertz CT molecular complexity index is 1330. The van der Waals surface area contributed by atoms with Gasteiger partial charge in [0.2, 0.25) is 11.1 Å². The summed E-state index contributed by atoms with van der Waals surface area (Å²) in [5, 5.41) is 12.0. The Kier molecular flexibility index (Phi) is 8.99. The summed E-state index contributed by atoms with van der Waals surface area (Å²) in [5.74, 6) is 2.66. The first-order valence-electron chi connectivity index (χ1n) is 13.2. The first-order valence-corrected chi connectivity index (χ1v) is 14.2. The number of rotatable bonds is 11. The molecule has 0 aliphatic carbocycles. The van der Waals surface area contributed by atoms with Gasteiger partial charge in [0.05, 0.1) is 18.8 Å². The fourth-order valence-corrected chi connectivity index (χ4v) is 5.33. The average molecular weight is 536 g/mol. The average Bonchev–Trinajstić information content (AvgIpc) is 3.29. The molecule has 8 nitrogen and oxygen atoms in total. The second kappa shape index (κ2) is 12.4. The normalized spacial score (nSPS) is 14.6. The topological polar surface area (TPSA) is 90.3 Å². The van der Waals surface area contributed by atoms with Gasteiger partial charge in [0.1, 0.15) is 6.04 Å². The first kappa shape index (κ1) is 27.6. The number of ether oxygens (including phenoxy) is 2. The van der Waals surface area contributed by atoms with Crippen LogP contribution in [0.15, 0.2) is 52.8 Å². The highest BCUT2D eigenvalue weighted by atomic mass is 32.2. The number of hydrogen-bond acceptors (Lipinski definition) is 7. The van der Waals surface area contributed by atoms with Gasteiger partial charge in [-0.05, 0) is 75.9 Å². The quantitative estimate of drug-likeness (QED) is 0.214. The minimum absolute atomic E-state index is 0.193. The van der Waals surface area contributed by atoms with Gasteiger partial charge in [0, 0.05) is 17.1 Å². The number of carbonyl (C=O) groups is 1. The first-order chi connectivity index (χ1) is 18.4. The van der Waals surface area contributed by atoms with Gasteiger partial charge < -0.3 is 20.1 Å². The van der Waals surface area contributed by atoms with Gasteiger partial charge in [0.15, 0.2) is 11.5 Å². The lowest BCUT2D eigenvalue weighted by molar-refractivity contribution is -0.113. The van der Waals surface area contributed by atoms with Crippen LogP contribution in [-0.4, -0.2) is 39.6 Å². The Balaban J connectivity index is 1.79. The maximum atomic E-state index is 13.9. The van der Waals surface area contributed by atoms with Crippen molar-refractivity contribution in [1.29, 1.82) is 0 Å². The van der Waals surface area contributed by atoms with E-state index in [2.05, 4.69) is 17.6 Å². The van der Waals surface area contributed by atoms with E-state index in [1.165, 1.54) is 0 Å². The van der Waals surface area contributed by atoms with Crippen LogP contribution in [0.2, 0.25) is 0 Å². The van der Waals surface area contributed by atoms with Gasteiger partial charge in [-0.15, -0.1) is 5.10 Å². The van der Waals surface area contributed by atoms with Crippen molar-refractivity contribution in [3.05, 3.63) is 64.4 Å². The van der Waals surface area contributed by atoms with E-state index in [-0.39, 0.29) is 5.91 Å². The van der Waals surface area contributed by atoms with Crippen molar-refractivity contribution in [2.75, 3.05) is 29.6 Å². The number of unbranched alkanes of at least 4 members (excludes halogenated alkanes) is 1. The van der Waals surface area contributed by atoms with Crippen molar-refractivity contribution in [3.63, 3.8) is 0 Å². The predicted octanol–water partition coefficient (Wildman–Crippen LogP) is 6.51. The zero-order valence-corrected chi connectivity index (χ0v) is 23.9. The Morgan fingerprint density at radius 3 is 2.58 bits per heavy atom. The molecule has 1 aliphatic heterocycles. The molecule has 1 amide bonds. The van der Waals surface area contributed by atoms with Crippen molar-refractivity contribution in [3.8, 4) is 11.5 Å². The molecule has 2 heterocycles. The summed E-state index contributed by atoms with van der Waals surface area (Å²) in [6.45, 7) is 13.0. The summed E-state index contributed by atoms with van der Waals surface area (Å²) in [6.07, 6.45) is 2.19. The van der Waals surface area contributed by atoms with Crippen LogP contribution in [-0.2, 0) is 4.79 Å². The monoisotopic (exact) mass is 535 g/mol. The van der Waals surface area contributed by atoms with Gasteiger partial charge in [-0.1, -0.05) is 43.3 Å². The number of amides is 1. The summed E-state index contributed by atoms with van der Waals surface area (Å²) < 4.78 is 13.5. The molecule has 1 aromatic heterocycles. The molecule has 3 aromatic rings. The standard InChI is InChI=1S/C29H37N5O3S/c1-7-10-16-38-29-32-28-30-20(6)25(27(35)31-22-13-11-12-18(4)19(22)5)26(34(28)33-29)21-14-15-23(36-8-2)24(17-21)37-9-3/h11-15,17,26H,7-10,16H2,1-6H3,(H,31,35)(H,30,32,33). The van der Waals surface area contributed by atoms with E-state index in [1.807, 2.05) is 75.7 Å². The van der Waals surface area contributed by atoms with Crippen LogP contribution in [0.1, 0.15) is 63.3 Å². The van der Waals surface area contributed by atoms with Crippen molar-refractivity contribution in [2.45, 2.75) is 65.6 Å². The number of allylic oxidation sites excluding steroid dienone is 1. The third-order valence-corrected chi connectivity index (χ3v) is 7.47. The van der Waals surface area contributed by atoms with Gasteiger partial charge in [0.25, 0.3) is 5.91 Å². The van der Waals surface area contributed by atoms with Crippen molar-refractivity contribution < 1.29 is 14.3 Å². The molecule has 4 rings (SSSR count). The Morgan fingerprint density at radius 2 is 1.84 bits per heavy atom. The lowest BCUT2D eigenvalue weighted by atomic mass is 9.94. The highest BCUT2D eigenvalue weighted by Crippen LogP contribution is 2.40.